The summed E-state index contributed by atoms with van der Waals surface area (Å²) in [5.41, 5.74) is 0.690. The summed E-state index contributed by atoms with van der Waals surface area (Å²) in [6.45, 7) is 0. The van der Waals surface area contributed by atoms with Crippen molar-refractivity contribution in [1.29, 1.82) is 0 Å². The number of nitrogens with zero attached hydrogens (tertiary/aromatic N) is 1. The minimum absolute atomic E-state index is 0.00923. The quantitative estimate of drug-likeness (QED) is 0.703. The molecule has 0 aliphatic carbocycles. The number of nitrogens with one attached hydrogen (secondary N) is 1. The highest BCUT2D eigenvalue weighted by atomic mass is 35.5. The number of hydrogen-bond acceptors (Lipinski definition) is 6. The Kier molecular flexibility index (Phi) is 4.65. The molecule has 1 amide bonds. The standard InChI is InChI=1S/C15H12ClN3O4S2/c1-23-8-2-5-12-13(6-8)24-15(18-12)19-14(20)10-7-9(25(17,21)22)3-4-11(10)16/h2-7H,1H3,(H2,17,21,22)(H,18,19,20). The van der Waals surface area contributed by atoms with Crippen LogP contribution in [-0.2, 0) is 10.0 Å². The predicted molar refractivity (Wildman–Crippen MR) is 97.0 cm³/mol. The summed E-state index contributed by atoms with van der Waals surface area (Å²) in [6.07, 6.45) is 0. The molecule has 1 heterocycles. The molecule has 0 saturated carbocycles. The summed E-state index contributed by atoms with van der Waals surface area (Å²) in [5, 5.41) is 8.15. The lowest BCUT2D eigenvalue weighted by atomic mass is 10.2. The third-order valence-electron chi connectivity index (χ3n) is 3.33. The molecule has 0 spiro atoms. The Morgan fingerprint density at radius 3 is 2.72 bits per heavy atom. The first kappa shape index (κ1) is 17.6. The zero-order valence-electron chi connectivity index (χ0n) is 12.8. The zero-order chi connectivity index (χ0) is 18.2. The SMILES string of the molecule is COc1ccc2nc(NC(=O)c3cc(S(N)(=O)=O)ccc3Cl)sc2c1. The first-order chi connectivity index (χ1) is 11.8. The molecule has 0 fully saturated rings. The molecule has 1 aromatic heterocycles. The number of primary sulfonamides is 1. The van der Waals surface area contributed by atoms with Crippen LogP contribution in [0.2, 0.25) is 5.02 Å². The Morgan fingerprint density at radius 1 is 1.28 bits per heavy atom. The average Bonchev–Trinajstić information content (AvgIpc) is 2.95. The van der Waals surface area contributed by atoms with Crippen molar-refractivity contribution < 1.29 is 17.9 Å². The van der Waals surface area contributed by atoms with Crippen molar-refractivity contribution in [1.82, 2.24) is 4.98 Å². The Bertz CT molecular complexity index is 1080. The fraction of sp³-hybridized carbons (Fsp3) is 0.0667. The molecule has 0 unspecified atom stereocenters. The molecule has 0 aliphatic rings. The normalized spacial score (nSPS) is 11.5. The number of benzene rings is 2. The molecule has 3 N–H and O–H groups in total. The number of halogens is 1. The van der Waals surface area contributed by atoms with E-state index in [1.165, 1.54) is 23.5 Å². The number of ether oxygens (including phenoxy) is 1. The van der Waals surface area contributed by atoms with Crippen LogP contribution in [0.5, 0.6) is 5.75 Å². The molecule has 0 saturated heterocycles. The third kappa shape index (κ3) is 3.74. The number of sulfonamides is 1. The maximum Gasteiger partial charge on any atom is 0.259 e. The smallest absolute Gasteiger partial charge is 0.259 e. The highest BCUT2D eigenvalue weighted by Crippen LogP contribution is 2.30. The predicted octanol–water partition coefficient (Wildman–Crippen LogP) is 2.86. The second-order valence-electron chi connectivity index (χ2n) is 4.99. The van der Waals surface area contributed by atoms with E-state index < -0.39 is 15.9 Å². The number of hydrogen-bond donors (Lipinski definition) is 2. The number of carbonyl (C=O) groups is 1. The van der Waals surface area contributed by atoms with E-state index in [1.54, 1.807) is 25.3 Å². The number of thiazole rings is 1. The number of carbonyl (C=O) groups excluding carboxylic acids is 1. The van der Waals surface area contributed by atoms with Gasteiger partial charge in [0.25, 0.3) is 5.91 Å². The molecular weight excluding hydrogens is 386 g/mol. The summed E-state index contributed by atoms with van der Waals surface area (Å²) in [5.74, 6) is 0.0967. The molecule has 10 heteroatoms. The molecule has 25 heavy (non-hydrogen) atoms. The fourth-order valence-corrected chi connectivity index (χ4v) is 3.74. The number of rotatable bonds is 4. The van der Waals surface area contributed by atoms with Crippen molar-refractivity contribution in [2.24, 2.45) is 5.14 Å². The number of fused-ring (bicyclic) bond motifs is 1. The highest BCUT2D eigenvalue weighted by molar-refractivity contribution is 7.89. The van der Waals surface area contributed by atoms with Gasteiger partial charge in [-0.15, -0.1) is 0 Å². The average molecular weight is 398 g/mol. The Labute approximate surface area is 152 Å². The van der Waals surface area contributed by atoms with Gasteiger partial charge in [-0.05, 0) is 36.4 Å². The fourth-order valence-electron chi connectivity index (χ4n) is 2.11. The Balaban J connectivity index is 1.92. The molecular formula is C15H12ClN3O4S2. The van der Waals surface area contributed by atoms with Gasteiger partial charge in [0.05, 0.1) is 32.8 Å². The van der Waals surface area contributed by atoms with Gasteiger partial charge in [-0.1, -0.05) is 22.9 Å². The maximum atomic E-state index is 12.4. The van der Waals surface area contributed by atoms with E-state index >= 15 is 0 Å². The van der Waals surface area contributed by atoms with Crippen molar-refractivity contribution in [3.8, 4) is 5.75 Å². The number of methoxy groups -OCH3 is 1. The summed E-state index contributed by atoms with van der Waals surface area (Å²) < 4.78 is 28.9. The van der Waals surface area contributed by atoms with Gasteiger partial charge in [0.2, 0.25) is 10.0 Å². The summed E-state index contributed by atoms with van der Waals surface area (Å²) >= 11 is 7.25. The van der Waals surface area contributed by atoms with E-state index in [0.29, 0.717) is 16.4 Å². The van der Waals surface area contributed by atoms with E-state index in [-0.39, 0.29) is 15.5 Å². The number of anilines is 1. The van der Waals surface area contributed by atoms with Crippen molar-refractivity contribution in [2.45, 2.75) is 4.90 Å². The van der Waals surface area contributed by atoms with Crippen LogP contribution in [0.15, 0.2) is 41.3 Å². The minimum Gasteiger partial charge on any atom is -0.497 e. The van der Waals surface area contributed by atoms with Gasteiger partial charge in [0.15, 0.2) is 5.13 Å². The van der Waals surface area contributed by atoms with Crippen LogP contribution in [-0.4, -0.2) is 26.4 Å². The lowest BCUT2D eigenvalue weighted by Gasteiger charge is -2.06. The van der Waals surface area contributed by atoms with Gasteiger partial charge in [-0.2, -0.15) is 0 Å². The third-order valence-corrected chi connectivity index (χ3v) is 5.50. The number of nitrogens with two attached hydrogens (primary N) is 1. The molecule has 0 radical (unpaired) electrons. The van der Waals surface area contributed by atoms with Gasteiger partial charge in [-0.3, -0.25) is 10.1 Å². The summed E-state index contributed by atoms with van der Waals surface area (Å²) in [4.78, 5) is 16.5. The monoisotopic (exact) mass is 397 g/mol. The van der Waals surface area contributed by atoms with Crippen molar-refractivity contribution in [3.63, 3.8) is 0 Å². The Hall–Kier alpha value is -2.20. The first-order valence-corrected chi connectivity index (χ1v) is 9.60. The van der Waals surface area contributed by atoms with Gasteiger partial charge in [0, 0.05) is 0 Å². The van der Waals surface area contributed by atoms with Gasteiger partial charge in [0.1, 0.15) is 5.75 Å². The van der Waals surface area contributed by atoms with Crippen LogP contribution in [0, 0.1) is 0 Å². The summed E-state index contributed by atoms with van der Waals surface area (Å²) in [7, 11) is -2.38. The topological polar surface area (TPSA) is 111 Å². The van der Waals surface area contributed by atoms with Crippen LogP contribution in [0.3, 0.4) is 0 Å². The van der Waals surface area contributed by atoms with Crippen LogP contribution in [0.4, 0.5) is 5.13 Å². The Morgan fingerprint density at radius 2 is 2.04 bits per heavy atom. The molecule has 2 aromatic carbocycles. The number of amides is 1. The lowest BCUT2D eigenvalue weighted by molar-refractivity contribution is 0.102. The van der Waals surface area contributed by atoms with Gasteiger partial charge in [-0.25, -0.2) is 18.5 Å². The second-order valence-corrected chi connectivity index (χ2v) is 7.99. The zero-order valence-corrected chi connectivity index (χ0v) is 15.2. The second kappa shape index (κ2) is 6.60. The van der Waals surface area contributed by atoms with E-state index in [1.807, 2.05) is 0 Å². The van der Waals surface area contributed by atoms with Crippen LogP contribution < -0.4 is 15.2 Å². The summed E-state index contributed by atoms with van der Waals surface area (Å²) in [6, 6.07) is 9.01. The lowest BCUT2D eigenvalue weighted by Crippen LogP contribution is -2.16. The molecule has 3 aromatic rings. The molecule has 0 aliphatic heterocycles. The van der Waals surface area contributed by atoms with Crippen molar-refractivity contribution in [3.05, 3.63) is 47.0 Å². The molecule has 130 valence electrons. The maximum absolute atomic E-state index is 12.4. The molecule has 3 rings (SSSR count). The minimum atomic E-state index is -3.94. The van der Waals surface area contributed by atoms with Crippen molar-refractivity contribution in [2.75, 3.05) is 12.4 Å². The molecule has 0 bridgehead atoms. The van der Waals surface area contributed by atoms with Crippen LogP contribution in [0.1, 0.15) is 10.4 Å². The van der Waals surface area contributed by atoms with Crippen LogP contribution in [0.25, 0.3) is 10.2 Å². The van der Waals surface area contributed by atoms with E-state index in [4.69, 9.17) is 21.5 Å². The van der Waals surface area contributed by atoms with Gasteiger partial charge >= 0.3 is 0 Å². The highest BCUT2D eigenvalue weighted by Gasteiger charge is 2.17. The van der Waals surface area contributed by atoms with Crippen molar-refractivity contribution >= 4 is 54.2 Å². The largest absolute Gasteiger partial charge is 0.497 e. The first-order valence-electron chi connectivity index (χ1n) is 6.86. The van der Waals surface area contributed by atoms with Gasteiger partial charge < -0.3 is 4.74 Å². The van der Waals surface area contributed by atoms with E-state index in [2.05, 4.69) is 10.3 Å². The molecule has 7 nitrogen and oxygen atoms in total. The van der Waals surface area contributed by atoms with E-state index in [9.17, 15) is 13.2 Å². The number of aromatic nitrogens is 1. The molecule has 0 atom stereocenters. The van der Waals surface area contributed by atoms with E-state index in [0.717, 1.165) is 10.8 Å². The van der Waals surface area contributed by atoms with Crippen LogP contribution >= 0.6 is 22.9 Å².